The van der Waals surface area contributed by atoms with Crippen molar-refractivity contribution in [2.24, 2.45) is 0 Å². The normalized spacial score (nSPS) is 11.4. The lowest BCUT2D eigenvalue weighted by Crippen LogP contribution is -1.91. The summed E-state index contributed by atoms with van der Waals surface area (Å²) in [4.78, 5) is 4.93. The zero-order chi connectivity index (χ0) is 21.7. The Labute approximate surface area is 190 Å². The van der Waals surface area contributed by atoms with Gasteiger partial charge in [0, 0.05) is 37.3 Å². The quantitative estimate of drug-likeness (QED) is 0.254. The van der Waals surface area contributed by atoms with Crippen molar-refractivity contribution in [2.45, 2.75) is 13.8 Å². The van der Waals surface area contributed by atoms with Crippen molar-refractivity contribution in [2.75, 3.05) is 0 Å². The smallest absolute Gasteiger partial charge is 0.145 e. The van der Waals surface area contributed by atoms with Crippen molar-refractivity contribution in [1.29, 1.82) is 0 Å². The molecule has 0 N–H and O–H groups in total. The van der Waals surface area contributed by atoms with Gasteiger partial charge in [-0.25, -0.2) is 4.98 Å². The first-order valence-electron chi connectivity index (χ1n) is 11.1. The number of nitrogens with zero attached hydrogens (tertiary/aromatic N) is 2. The SMILES string of the molecule is CC.c1ccc2c(c1)nc1c3ccccc3c(-c3ccc4sc5ccccc5c4c3)cn21. The van der Waals surface area contributed by atoms with Crippen LogP contribution in [0.15, 0.2) is 97.2 Å². The van der Waals surface area contributed by atoms with Crippen LogP contribution in [0, 0.1) is 0 Å². The third-order valence-corrected chi connectivity index (χ3v) is 7.15. The predicted octanol–water partition coefficient (Wildman–Crippen LogP) is 8.70. The van der Waals surface area contributed by atoms with E-state index in [0.717, 1.165) is 16.7 Å². The summed E-state index contributed by atoms with van der Waals surface area (Å²) < 4.78 is 4.91. The molecule has 154 valence electrons. The average molecular weight is 431 g/mol. The van der Waals surface area contributed by atoms with E-state index in [1.165, 1.54) is 42.1 Å². The van der Waals surface area contributed by atoms with Gasteiger partial charge in [-0.15, -0.1) is 11.3 Å². The number of pyridine rings is 1. The minimum absolute atomic E-state index is 1.01. The van der Waals surface area contributed by atoms with Crippen molar-refractivity contribution in [3.05, 3.63) is 97.2 Å². The van der Waals surface area contributed by atoms with Gasteiger partial charge < -0.3 is 0 Å². The van der Waals surface area contributed by atoms with Crippen LogP contribution in [-0.4, -0.2) is 9.38 Å². The first-order chi connectivity index (χ1) is 15.9. The zero-order valence-corrected chi connectivity index (χ0v) is 18.9. The predicted molar refractivity (Wildman–Crippen MR) is 140 cm³/mol. The van der Waals surface area contributed by atoms with Crippen LogP contribution in [0.4, 0.5) is 0 Å². The van der Waals surface area contributed by atoms with Crippen LogP contribution in [0.3, 0.4) is 0 Å². The Bertz CT molecular complexity index is 1750. The van der Waals surface area contributed by atoms with Crippen LogP contribution in [0.5, 0.6) is 0 Å². The molecule has 0 aliphatic heterocycles. The number of para-hydroxylation sites is 2. The van der Waals surface area contributed by atoms with E-state index in [0.29, 0.717) is 0 Å². The fourth-order valence-corrected chi connectivity index (χ4v) is 5.69. The Morgan fingerprint density at radius 2 is 1.34 bits per heavy atom. The highest BCUT2D eigenvalue weighted by Gasteiger charge is 2.14. The summed E-state index contributed by atoms with van der Waals surface area (Å²) >= 11 is 1.86. The molecule has 0 aliphatic rings. The molecule has 0 saturated heterocycles. The van der Waals surface area contributed by atoms with Crippen molar-refractivity contribution >= 4 is 59.0 Å². The molecule has 0 unspecified atom stereocenters. The Kier molecular flexibility index (Phi) is 4.44. The highest BCUT2D eigenvalue weighted by Crippen LogP contribution is 2.38. The van der Waals surface area contributed by atoms with Gasteiger partial charge in [0.1, 0.15) is 5.65 Å². The number of benzene rings is 4. The average Bonchev–Trinajstić information content (AvgIpc) is 3.43. The van der Waals surface area contributed by atoms with Gasteiger partial charge in [0.05, 0.1) is 11.0 Å². The third kappa shape index (κ3) is 2.75. The van der Waals surface area contributed by atoms with Gasteiger partial charge in [-0.1, -0.05) is 74.5 Å². The molecule has 7 rings (SSSR count). The van der Waals surface area contributed by atoms with Crippen molar-refractivity contribution in [3.63, 3.8) is 0 Å². The summed E-state index contributed by atoms with van der Waals surface area (Å²) in [5.41, 5.74) is 5.65. The number of aromatic nitrogens is 2. The summed E-state index contributed by atoms with van der Waals surface area (Å²) in [5.74, 6) is 0. The molecule has 3 heteroatoms. The van der Waals surface area contributed by atoms with E-state index in [1.807, 2.05) is 31.3 Å². The van der Waals surface area contributed by atoms with E-state index in [1.54, 1.807) is 0 Å². The molecule has 0 spiro atoms. The summed E-state index contributed by atoms with van der Waals surface area (Å²) in [6.45, 7) is 4.00. The van der Waals surface area contributed by atoms with Crippen molar-refractivity contribution in [1.82, 2.24) is 9.38 Å². The van der Waals surface area contributed by atoms with Gasteiger partial charge in [0.15, 0.2) is 0 Å². The van der Waals surface area contributed by atoms with Gasteiger partial charge in [0.25, 0.3) is 0 Å². The maximum atomic E-state index is 4.93. The molecule has 0 saturated carbocycles. The van der Waals surface area contributed by atoms with E-state index in [4.69, 9.17) is 4.98 Å². The number of rotatable bonds is 1. The fourth-order valence-electron chi connectivity index (χ4n) is 4.60. The Hall–Kier alpha value is -3.69. The third-order valence-electron chi connectivity index (χ3n) is 6.00. The van der Waals surface area contributed by atoms with Crippen LogP contribution in [-0.2, 0) is 0 Å². The summed E-state index contributed by atoms with van der Waals surface area (Å²) in [5, 5.41) is 5.08. The van der Waals surface area contributed by atoms with E-state index < -0.39 is 0 Å². The first kappa shape index (κ1) is 19.0. The molecule has 7 aromatic rings. The Morgan fingerprint density at radius 1 is 0.656 bits per heavy atom. The van der Waals surface area contributed by atoms with E-state index in [-0.39, 0.29) is 0 Å². The summed E-state index contributed by atoms with van der Waals surface area (Å²) in [6, 6.07) is 32.5. The lowest BCUT2D eigenvalue weighted by Gasteiger charge is -2.10. The van der Waals surface area contributed by atoms with Crippen LogP contribution in [0.2, 0.25) is 0 Å². The van der Waals surface area contributed by atoms with Gasteiger partial charge in [-0.2, -0.15) is 0 Å². The second kappa shape index (κ2) is 7.47. The largest absolute Gasteiger partial charge is 0.298 e. The molecular weight excluding hydrogens is 408 g/mol. The van der Waals surface area contributed by atoms with Crippen LogP contribution in [0.1, 0.15) is 13.8 Å². The molecule has 4 aromatic carbocycles. The second-order valence-corrected chi connectivity index (χ2v) is 8.78. The van der Waals surface area contributed by atoms with Crippen LogP contribution in [0.25, 0.3) is 58.8 Å². The maximum absolute atomic E-state index is 4.93. The highest BCUT2D eigenvalue weighted by molar-refractivity contribution is 7.25. The second-order valence-electron chi connectivity index (χ2n) is 7.69. The molecule has 3 heterocycles. The molecule has 32 heavy (non-hydrogen) atoms. The zero-order valence-electron chi connectivity index (χ0n) is 18.0. The number of hydrogen-bond donors (Lipinski definition) is 0. The molecule has 0 aliphatic carbocycles. The van der Waals surface area contributed by atoms with Crippen LogP contribution >= 0.6 is 11.3 Å². The minimum atomic E-state index is 1.01. The van der Waals surface area contributed by atoms with Gasteiger partial charge in [-0.3, -0.25) is 4.40 Å². The molecule has 0 atom stereocenters. The molecule has 0 fully saturated rings. The van der Waals surface area contributed by atoms with Crippen molar-refractivity contribution in [3.8, 4) is 11.1 Å². The number of hydrogen-bond acceptors (Lipinski definition) is 2. The van der Waals surface area contributed by atoms with Crippen LogP contribution < -0.4 is 0 Å². The lowest BCUT2D eigenvalue weighted by molar-refractivity contribution is 1.25. The monoisotopic (exact) mass is 430 g/mol. The van der Waals surface area contributed by atoms with E-state index in [2.05, 4.69) is 95.5 Å². The molecule has 0 amide bonds. The molecule has 0 radical (unpaired) electrons. The van der Waals surface area contributed by atoms with Crippen molar-refractivity contribution < 1.29 is 0 Å². The number of thiophene rings is 1. The Morgan fingerprint density at radius 3 is 2.22 bits per heavy atom. The van der Waals surface area contributed by atoms with E-state index >= 15 is 0 Å². The summed E-state index contributed by atoms with van der Waals surface area (Å²) in [6.07, 6.45) is 2.25. The molecular formula is C29H22N2S. The number of imidazole rings is 1. The standard InChI is InChI=1S/C27H16N2S.C2H6/c1-2-9-20-18(7-1)22(16-29-24-11-5-4-10-23(24)28-27(20)29)17-13-14-26-21(15-17)19-8-3-6-12-25(19)30-26;1-2/h1-16H;1-2H3. The summed E-state index contributed by atoms with van der Waals surface area (Å²) in [7, 11) is 0. The number of fused-ring (bicyclic) bond motifs is 8. The first-order valence-corrected chi connectivity index (χ1v) is 11.9. The lowest BCUT2D eigenvalue weighted by atomic mass is 9.99. The van der Waals surface area contributed by atoms with Gasteiger partial charge in [0.2, 0.25) is 0 Å². The minimum Gasteiger partial charge on any atom is -0.298 e. The van der Waals surface area contributed by atoms with Gasteiger partial charge in [-0.05, 0) is 41.3 Å². The van der Waals surface area contributed by atoms with Gasteiger partial charge >= 0.3 is 0 Å². The Balaban J connectivity index is 0.000000953. The topological polar surface area (TPSA) is 17.3 Å². The molecule has 2 nitrogen and oxygen atoms in total. The molecule has 3 aromatic heterocycles. The highest BCUT2D eigenvalue weighted by atomic mass is 32.1. The van der Waals surface area contributed by atoms with E-state index in [9.17, 15) is 0 Å². The fraction of sp³-hybridized carbons (Fsp3) is 0.0690. The molecule has 0 bridgehead atoms. The maximum Gasteiger partial charge on any atom is 0.145 e.